The average Bonchev–Trinajstić information content (AvgIpc) is 3.64. The van der Waals surface area contributed by atoms with Crippen molar-refractivity contribution in [2.24, 2.45) is 4.99 Å². The number of hydrogen-bond donors (Lipinski definition) is 0. The molecule has 1 atom stereocenters. The van der Waals surface area contributed by atoms with Gasteiger partial charge in [0.1, 0.15) is 0 Å². The molecule has 0 radical (unpaired) electrons. The van der Waals surface area contributed by atoms with Crippen molar-refractivity contribution in [2.75, 3.05) is 11.9 Å². The van der Waals surface area contributed by atoms with E-state index in [1.54, 1.807) is 0 Å². The molecule has 1 aliphatic rings. The van der Waals surface area contributed by atoms with E-state index in [2.05, 4.69) is 196 Å². The third-order valence-corrected chi connectivity index (χ3v) is 12.4. The van der Waals surface area contributed by atoms with Gasteiger partial charge < -0.3 is 4.90 Å². The Morgan fingerprint density at radius 1 is 0.625 bits per heavy atom. The van der Waals surface area contributed by atoms with E-state index in [-0.39, 0.29) is 6.04 Å². The maximum Gasteiger partial charge on any atom is 0.0968 e. The Balaban J connectivity index is 1.09. The van der Waals surface area contributed by atoms with E-state index in [0.29, 0.717) is 0 Å². The first-order valence-corrected chi connectivity index (χ1v) is 20.0. The van der Waals surface area contributed by atoms with Gasteiger partial charge in [0.25, 0.3) is 0 Å². The monoisotopic (exact) mass is 737 g/mol. The highest BCUT2D eigenvalue weighted by molar-refractivity contribution is 7.19. The summed E-state index contributed by atoms with van der Waals surface area (Å²) in [6, 6.07) is 63.3. The molecule has 0 saturated carbocycles. The van der Waals surface area contributed by atoms with Crippen molar-refractivity contribution < 1.29 is 0 Å². The predicted molar refractivity (Wildman–Crippen MR) is 239 cm³/mol. The molecule has 2 aromatic heterocycles. The molecule has 0 amide bonds. The van der Waals surface area contributed by atoms with Gasteiger partial charge in [-0.1, -0.05) is 158 Å². The lowest BCUT2D eigenvalue weighted by atomic mass is 9.86. The van der Waals surface area contributed by atoms with Gasteiger partial charge in [0, 0.05) is 55.4 Å². The summed E-state index contributed by atoms with van der Waals surface area (Å²) in [6.07, 6.45) is 0. The fourth-order valence-corrected chi connectivity index (χ4v) is 9.79. The summed E-state index contributed by atoms with van der Waals surface area (Å²) in [5, 5.41) is 2.40. The maximum absolute atomic E-state index is 5.34. The Hall–Kier alpha value is -6.62. The van der Waals surface area contributed by atoms with Gasteiger partial charge in [0.15, 0.2) is 0 Å². The van der Waals surface area contributed by atoms with Gasteiger partial charge in [-0.05, 0) is 65.4 Å². The van der Waals surface area contributed by atoms with E-state index in [1.165, 1.54) is 59.6 Å². The fraction of sp³-hybridized carbons (Fsp3) is 0.0769. The second-order valence-electron chi connectivity index (χ2n) is 14.7. The van der Waals surface area contributed by atoms with Crippen LogP contribution in [0.3, 0.4) is 0 Å². The maximum atomic E-state index is 5.34. The Morgan fingerprint density at radius 3 is 2.09 bits per heavy atom. The van der Waals surface area contributed by atoms with Crippen LogP contribution in [0.5, 0.6) is 0 Å². The highest BCUT2D eigenvalue weighted by atomic mass is 32.1. The number of fused-ring (bicyclic) bond motifs is 6. The van der Waals surface area contributed by atoms with Crippen LogP contribution in [-0.4, -0.2) is 17.7 Å². The van der Waals surface area contributed by atoms with Crippen LogP contribution in [0.2, 0.25) is 0 Å². The molecular formula is C52H39N3S. The zero-order valence-electron chi connectivity index (χ0n) is 31.6. The summed E-state index contributed by atoms with van der Waals surface area (Å²) in [4.78, 5) is 14.4. The van der Waals surface area contributed by atoms with Crippen molar-refractivity contribution in [3.63, 3.8) is 0 Å². The lowest BCUT2D eigenvalue weighted by Crippen LogP contribution is -2.29. The van der Waals surface area contributed by atoms with Crippen LogP contribution in [-0.2, 0) is 0 Å². The summed E-state index contributed by atoms with van der Waals surface area (Å²) in [7, 11) is 2.27. The second kappa shape index (κ2) is 13.9. The van der Waals surface area contributed by atoms with Gasteiger partial charge in [0.2, 0.25) is 0 Å². The average molecular weight is 738 g/mol. The Morgan fingerprint density at radius 2 is 1.29 bits per heavy atom. The number of aromatic nitrogens is 1. The van der Waals surface area contributed by atoms with Gasteiger partial charge in [-0.15, -0.1) is 11.3 Å². The molecule has 0 fully saturated rings. The van der Waals surface area contributed by atoms with E-state index in [1.807, 2.05) is 17.4 Å². The molecule has 0 saturated heterocycles. The molecular weight excluding hydrogens is 699 g/mol. The molecule has 0 N–H and O–H groups in total. The molecule has 0 bridgehead atoms. The number of hydrogen-bond acceptors (Lipinski definition) is 4. The normalized spacial score (nSPS) is 13.9. The van der Waals surface area contributed by atoms with E-state index < -0.39 is 0 Å². The molecule has 7 aromatic carbocycles. The summed E-state index contributed by atoms with van der Waals surface area (Å²) >= 11 is 1.91. The Kier molecular flexibility index (Phi) is 8.42. The van der Waals surface area contributed by atoms with Crippen molar-refractivity contribution in [3.8, 4) is 44.6 Å². The zero-order valence-corrected chi connectivity index (χ0v) is 32.4. The van der Waals surface area contributed by atoms with E-state index >= 15 is 0 Å². The molecule has 0 spiro atoms. The lowest BCUT2D eigenvalue weighted by molar-refractivity contribution is 0.791. The van der Waals surface area contributed by atoms with Crippen molar-refractivity contribution in [2.45, 2.75) is 19.9 Å². The molecule has 1 unspecified atom stereocenters. The van der Waals surface area contributed by atoms with Crippen LogP contribution in [0.1, 0.15) is 34.5 Å². The number of aryl methyl sites for hydroxylation is 1. The molecule has 10 rings (SSSR count). The number of para-hydroxylation sites is 1. The molecule has 3 heterocycles. The number of thiophene rings is 1. The minimum atomic E-state index is 0.0155. The third kappa shape index (κ3) is 5.82. The van der Waals surface area contributed by atoms with Crippen molar-refractivity contribution in [3.05, 3.63) is 197 Å². The quantitative estimate of drug-likeness (QED) is 0.159. The minimum absolute atomic E-state index is 0.0155. The van der Waals surface area contributed by atoms with E-state index in [9.17, 15) is 0 Å². The number of pyridine rings is 1. The Labute approximate surface area is 331 Å². The van der Waals surface area contributed by atoms with Crippen LogP contribution in [0.15, 0.2) is 181 Å². The summed E-state index contributed by atoms with van der Waals surface area (Å²) < 4.78 is 1.31. The predicted octanol–water partition coefficient (Wildman–Crippen LogP) is 14.1. The van der Waals surface area contributed by atoms with Gasteiger partial charge >= 0.3 is 0 Å². The first-order valence-electron chi connectivity index (χ1n) is 19.2. The largest absolute Gasteiger partial charge is 0.362 e. The van der Waals surface area contributed by atoms with Crippen molar-refractivity contribution in [1.29, 1.82) is 0 Å². The zero-order chi connectivity index (χ0) is 37.8. The SMILES string of the molecule is C/C(=N\c1c(C)ccc2ccc(-c3ccccc3)nc12)c1cccc(C2c3sc4ccccc4c3-c3cccc(-c4ccc(-c5ccccc5)cc4)c3N2C)c1. The minimum Gasteiger partial charge on any atom is -0.362 e. The molecule has 1 aliphatic heterocycles. The van der Waals surface area contributed by atoms with Gasteiger partial charge in [-0.2, -0.15) is 0 Å². The molecule has 9 aromatic rings. The van der Waals surface area contributed by atoms with E-state index in [0.717, 1.165) is 44.7 Å². The van der Waals surface area contributed by atoms with Gasteiger partial charge in [-0.3, -0.25) is 4.99 Å². The molecule has 56 heavy (non-hydrogen) atoms. The third-order valence-electron chi connectivity index (χ3n) is 11.2. The topological polar surface area (TPSA) is 28.5 Å². The lowest BCUT2D eigenvalue weighted by Gasteiger charge is -2.38. The van der Waals surface area contributed by atoms with Crippen LogP contribution < -0.4 is 4.90 Å². The van der Waals surface area contributed by atoms with Crippen molar-refractivity contribution in [1.82, 2.24) is 4.98 Å². The summed E-state index contributed by atoms with van der Waals surface area (Å²) in [6.45, 7) is 4.25. The number of benzene rings is 7. The molecule has 4 heteroatoms. The second-order valence-corrected chi connectivity index (χ2v) is 15.8. The Bertz CT molecular complexity index is 2940. The molecule has 0 aliphatic carbocycles. The van der Waals surface area contributed by atoms with Crippen LogP contribution in [0.25, 0.3) is 65.6 Å². The number of anilines is 1. The smallest absolute Gasteiger partial charge is 0.0968 e. The number of rotatable bonds is 6. The van der Waals surface area contributed by atoms with Crippen LogP contribution in [0.4, 0.5) is 11.4 Å². The first-order chi connectivity index (χ1) is 27.5. The van der Waals surface area contributed by atoms with Crippen molar-refractivity contribution >= 4 is 49.4 Å². The highest BCUT2D eigenvalue weighted by Gasteiger charge is 2.35. The summed E-state index contributed by atoms with van der Waals surface area (Å²) in [5.41, 5.74) is 17.1. The van der Waals surface area contributed by atoms with E-state index in [4.69, 9.17) is 9.98 Å². The fourth-order valence-electron chi connectivity index (χ4n) is 8.40. The first kappa shape index (κ1) is 33.9. The van der Waals surface area contributed by atoms with Gasteiger partial charge in [0.05, 0.1) is 28.6 Å². The standard InChI is InChI=1S/C52H39N3S/c1-33-24-25-39-30-31-45(38-16-8-5-9-17-38)54-49(39)48(33)53-34(2)40-18-12-19-41(32-40)50-52-47(43-20-10-11-23-46(43)56-52)44-22-13-21-42(51(44)55(50)3)37-28-26-36(27-29-37)35-14-6-4-7-15-35/h4-32,50H,1-3H3/b53-34+. The summed E-state index contributed by atoms with van der Waals surface area (Å²) in [5.74, 6) is 0. The number of nitrogens with zero attached hydrogens (tertiary/aromatic N) is 3. The molecule has 3 nitrogen and oxygen atoms in total. The highest BCUT2D eigenvalue weighted by Crippen LogP contribution is 2.55. The van der Waals surface area contributed by atoms with Crippen LogP contribution >= 0.6 is 11.3 Å². The molecule has 268 valence electrons. The van der Waals surface area contributed by atoms with Gasteiger partial charge in [-0.25, -0.2) is 4.98 Å². The van der Waals surface area contributed by atoms with Crippen LogP contribution in [0, 0.1) is 6.92 Å². The number of aliphatic imine (C=N–C) groups is 1.